The molecular weight excluding hydrogens is 302 g/mol. The molecule has 2 aromatic carbocycles. The molecule has 2 aromatic rings. The van der Waals surface area contributed by atoms with Crippen molar-refractivity contribution in [3.8, 4) is 5.75 Å². The molecule has 0 unspecified atom stereocenters. The van der Waals surface area contributed by atoms with Gasteiger partial charge < -0.3 is 22.5 Å². The third-order valence-corrected chi connectivity index (χ3v) is 1.92. The molecule has 2 nitrogen and oxygen atoms in total. The van der Waals surface area contributed by atoms with E-state index in [9.17, 15) is 0 Å². The van der Waals surface area contributed by atoms with Crippen molar-refractivity contribution in [2.45, 2.75) is 19.4 Å². The first-order valence-electron chi connectivity index (χ1n) is 13.7. The Balaban J connectivity index is 0.00000684. The summed E-state index contributed by atoms with van der Waals surface area (Å²) < 4.78 is 142. The Bertz CT molecular complexity index is 1160. The molecule has 116 valence electrons. The summed E-state index contributed by atoms with van der Waals surface area (Å²) in [4.78, 5) is 0. The molecule has 0 aliphatic heterocycles. The Morgan fingerprint density at radius 3 is 2.52 bits per heavy atom. The molecule has 0 spiro atoms. The van der Waals surface area contributed by atoms with Crippen LogP contribution < -0.4 is 22.5 Å². The van der Waals surface area contributed by atoms with Gasteiger partial charge in [-0.15, -0.1) is 0 Å². The van der Waals surface area contributed by atoms with E-state index in [-0.39, 0.29) is 36.8 Å². The maximum atomic E-state index is 8.90. The van der Waals surface area contributed by atoms with Crippen LogP contribution in [0.3, 0.4) is 0 Å². The summed E-state index contributed by atoms with van der Waals surface area (Å²) in [6.45, 7) is -5.52. The van der Waals surface area contributed by atoms with E-state index in [0.717, 1.165) is 0 Å². The van der Waals surface area contributed by atoms with Crippen molar-refractivity contribution in [3.63, 3.8) is 0 Å². The van der Waals surface area contributed by atoms with Gasteiger partial charge in [-0.3, -0.25) is 0 Å². The highest BCUT2D eigenvalue weighted by Gasteiger charge is 2.13. The van der Waals surface area contributed by atoms with Gasteiger partial charge in [0, 0.05) is 9.11 Å². The molecule has 2 rings (SSSR count). The number of ether oxygens (including phenoxy) is 1. The zero-order valence-corrected chi connectivity index (χ0v) is 12.6. The van der Waals surface area contributed by atoms with Crippen LogP contribution >= 0.6 is 13.5 Å². The van der Waals surface area contributed by atoms with Gasteiger partial charge in [0.25, 0.3) is 0 Å². The monoisotopic (exact) mass is 342 g/mol. The van der Waals surface area contributed by atoms with Crippen LogP contribution in [0.15, 0.2) is 54.4 Å². The number of hydrogen-bond acceptors (Lipinski definition) is 1. The lowest BCUT2D eigenvalue weighted by Crippen LogP contribution is -3.00. The van der Waals surface area contributed by atoms with Gasteiger partial charge in [0.2, 0.25) is 0 Å². The summed E-state index contributed by atoms with van der Waals surface area (Å²) >= 11 is 0. The van der Waals surface area contributed by atoms with Crippen molar-refractivity contribution in [1.29, 1.82) is 0 Å². The predicted molar refractivity (Wildman–Crippen MR) is 88.7 cm³/mol. The fourth-order valence-electron chi connectivity index (χ4n) is 1.12. The molecular formula is C17H24ClNOS. The number of benzene rings is 2. The van der Waals surface area contributed by atoms with E-state index in [1.807, 2.05) is 0 Å². The molecule has 0 aliphatic carbocycles. The van der Waals surface area contributed by atoms with Crippen LogP contribution in [0.2, 0.25) is 0 Å². The molecule has 0 saturated carbocycles. The summed E-state index contributed by atoms with van der Waals surface area (Å²) in [5.41, 5.74) is -1.37. The Morgan fingerprint density at radius 1 is 1.24 bits per heavy atom. The minimum absolute atomic E-state index is 0. The minimum atomic E-state index is -3.85. The van der Waals surface area contributed by atoms with Gasteiger partial charge in [-0.2, -0.15) is 13.5 Å². The molecule has 0 saturated heterocycles. The molecule has 21 heavy (non-hydrogen) atoms. The smallest absolute Gasteiger partial charge is 0.129 e. The molecule has 4 heteroatoms. The standard InChI is InChI=1S/C17H21NO.ClH.H2S/c1-14-8-10-16(11-9-14)19-17(12-13-18-2)15-6-4-3-5-7-15;;/h3-11,17-18H,12-13H2,1-2H3;1H;1H2/t17-;;/m0../s1/i2D3,3D,4D,5D,6D,7D,8D,9D,10D,11D,12D2,13D2,17D;;. The fraction of sp³-hybridized carbons (Fsp3) is 0.294. The SMILES string of the molecule is S.[2H]c1c([2H])c([2H])c([C@@]([2H])(Oc2c([2H])c([2H])c(C)c([2H])c2[2H])C([2H])([2H])C([2H])([2H])[NH2+]C([2H])([2H])[2H])c([2H])c1[2H].[Cl-]. The second-order valence-corrected chi connectivity index (χ2v) is 3.30. The lowest BCUT2D eigenvalue weighted by atomic mass is 10.1. The van der Waals surface area contributed by atoms with Crippen LogP contribution in [0.1, 0.15) is 46.9 Å². The molecule has 0 radical (unpaired) electrons. The highest BCUT2D eigenvalue weighted by Crippen LogP contribution is 2.24. The molecule has 0 fully saturated rings. The number of halogens is 1. The van der Waals surface area contributed by atoms with Gasteiger partial charge in [0.05, 0.1) is 34.0 Å². The zero-order chi connectivity index (χ0) is 28.3. The highest BCUT2D eigenvalue weighted by atomic mass is 35.5. The summed E-state index contributed by atoms with van der Waals surface area (Å²) in [6, 6.07) is -8.45. The van der Waals surface area contributed by atoms with Crippen LogP contribution in [0.5, 0.6) is 5.75 Å². The van der Waals surface area contributed by atoms with Crippen LogP contribution in [0, 0.1) is 6.92 Å². The van der Waals surface area contributed by atoms with E-state index < -0.39 is 91.6 Å². The molecule has 0 amide bonds. The number of quaternary nitrogens is 1. The third-order valence-electron chi connectivity index (χ3n) is 1.92. The first-order chi connectivity index (χ1) is 16.0. The lowest BCUT2D eigenvalue weighted by molar-refractivity contribution is -0.628. The Hall–Kier alpha value is -1.16. The van der Waals surface area contributed by atoms with E-state index in [4.69, 9.17) is 28.0 Å². The minimum Gasteiger partial charge on any atom is -1.00 e. The van der Waals surface area contributed by atoms with Crippen molar-refractivity contribution in [2.75, 3.05) is 13.5 Å². The average Bonchev–Trinajstić information content (AvgIpc) is 2.74. The molecule has 0 aliphatic rings. The largest absolute Gasteiger partial charge is 1.00 e. The van der Waals surface area contributed by atoms with Crippen molar-refractivity contribution >= 4 is 13.5 Å². The number of hydrogen-bond donors (Lipinski definition) is 1. The van der Waals surface area contributed by atoms with Crippen molar-refractivity contribution in [3.05, 3.63) is 65.5 Å². The lowest BCUT2D eigenvalue weighted by Gasteiger charge is -2.19. The third kappa shape index (κ3) is 6.42. The average molecular weight is 343 g/mol. The molecule has 2 N–H and O–H groups in total. The van der Waals surface area contributed by atoms with E-state index >= 15 is 0 Å². The van der Waals surface area contributed by atoms with Crippen LogP contribution in [-0.4, -0.2) is 13.5 Å². The quantitative estimate of drug-likeness (QED) is 0.774. The first kappa shape index (κ1) is 5.48. The van der Waals surface area contributed by atoms with Crippen LogP contribution in [-0.2, 0) is 0 Å². The van der Waals surface area contributed by atoms with Crippen molar-refractivity contribution < 1.29 is 45.8 Å². The van der Waals surface area contributed by atoms with Gasteiger partial charge >= 0.3 is 0 Å². The highest BCUT2D eigenvalue weighted by molar-refractivity contribution is 7.59. The maximum Gasteiger partial charge on any atom is 0.129 e. The maximum absolute atomic E-state index is 8.90. The van der Waals surface area contributed by atoms with E-state index in [2.05, 4.69) is 0 Å². The van der Waals surface area contributed by atoms with Gasteiger partial charge in [-0.1, -0.05) is 47.9 Å². The van der Waals surface area contributed by atoms with Crippen molar-refractivity contribution in [2.24, 2.45) is 0 Å². The first-order valence-corrected chi connectivity index (χ1v) is 5.24. The Labute approximate surface area is 164 Å². The van der Waals surface area contributed by atoms with Gasteiger partial charge in [-0.25, -0.2) is 0 Å². The molecule has 0 aromatic heterocycles. The fourth-order valence-corrected chi connectivity index (χ4v) is 1.12. The molecule has 0 heterocycles. The van der Waals surface area contributed by atoms with E-state index in [1.54, 1.807) is 0 Å². The van der Waals surface area contributed by atoms with Crippen molar-refractivity contribution in [1.82, 2.24) is 0 Å². The summed E-state index contributed by atoms with van der Waals surface area (Å²) in [5, 5.41) is -0.0495. The molecule has 1 atom stereocenters. The van der Waals surface area contributed by atoms with Gasteiger partial charge in [0.1, 0.15) is 11.8 Å². The van der Waals surface area contributed by atoms with E-state index in [0.29, 0.717) is 0 Å². The summed E-state index contributed by atoms with van der Waals surface area (Å²) in [5.74, 6) is -1.06. The Kier molecular flexibility index (Phi) is 2.75. The molecule has 0 bridgehead atoms. The number of rotatable bonds is 6. The summed E-state index contributed by atoms with van der Waals surface area (Å²) in [6.07, 6.45) is -7.57. The number of nitrogens with two attached hydrogens (primary N) is 1. The topological polar surface area (TPSA) is 25.8 Å². The second-order valence-electron chi connectivity index (χ2n) is 3.30. The van der Waals surface area contributed by atoms with Crippen LogP contribution in [0.25, 0.3) is 0 Å². The van der Waals surface area contributed by atoms with Crippen LogP contribution in [0.4, 0.5) is 0 Å². The van der Waals surface area contributed by atoms with Gasteiger partial charge in [0.15, 0.2) is 0 Å². The second kappa shape index (κ2) is 10.6. The Morgan fingerprint density at radius 2 is 1.90 bits per heavy atom. The summed E-state index contributed by atoms with van der Waals surface area (Å²) in [7, 11) is 0. The van der Waals surface area contributed by atoms with Gasteiger partial charge in [-0.05, 0) is 24.6 Å². The predicted octanol–water partition coefficient (Wildman–Crippen LogP) is -0.185. The zero-order valence-electron chi connectivity index (χ0n) is 27.9. The van der Waals surface area contributed by atoms with E-state index in [1.165, 1.54) is 6.92 Å². The normalized spacial score (nSPS) is 26.0.